The fourth-order valence-electron chi connectivity index (χ4n) is 0.989. The molecular weight excluding hydrogens is 206 g/mol. The van der Waals surface area contributed by atoms with Gasteiger partial charge in [0.25, 0.3) is 0 Å². The van der Waals surface area contributed by atoms with E-state index in [2.05, 4.69) is 11.6 Å². The molecule has 0 radical (unpaired) electrons. The molecule has 13 heavy (non-hydrogen) atoms. The van der Waals surface area contributed by atoms with Crippen molar-refractivity contribution < 1.29 is 4.74 Å². The van der Waals surface area contributed by atoms with Crippen LogP contribution in [0.5, 0.6) is 0 Å². The van der Waals surface area contributed by atoms with Gasteiger partial charge in [0.15, 0.2) is 0 Å². The fourth-order valence-corrected chi connectivity index (χ4v) is 1.66. The molecule has 80 valence electrons. The minimum Gasteiger partial charge on any atom is -0.383 e. The molecule has 0 bridgehead atoms. The second kappa shape index (κ2) is 10.6. The SMILES string of the molecule is COCC(Cl)CCNCCCSC. The van der Waals surface area contributed by atoms with Crippen molar-refractivity contribution in [3.8, 4) is 0 Å². The van der Waals surface area contributed by atoms with E-state index in [4.69, 9.17) is 16.3 Å². The predicted octanol–water partition coefficient (Wildman–Crippen LogP) is 1.97. The highest BCUT2D eigenvalue weighted by molar-refractivity contribution is 7.98. The van der Waals surface area contributed by atoms with Crippen LogP contribution >= 0.6 is 23.4 Å². The zero-order valence-corrected chi connectivity index (χ0v) is 10.1. The minimum absolute atomic E-state index is 0.151. The second-order valence-electron chi connectivity index (χ2n) is 2.94. The Labute approximate surface area is 90.7 Å². The summed E-state index contributed by atoms with van der Waals surface area (Å²) in [5.74, 6) is 1.23. The number of nitrogens with one attached hydrogen (secondary N) is 1. The van der Waals surface area contributed by atoms with Gasteiger partial charge < -0.3 is 10.1 Å². The van der Waals surface area contributed by atoms with Gasteiger partial charge in [0.2, 0.25) is 0 Å². The third-order valence-electron chi connectivity index (χ3n) is 1.68. The first kappa shape index (κ1) is 13.6. The summed E-state index contributed by atoms with van der Waals surface area (Å²) in [6.45, 7) is 2.73. The van der Waals surface area contributed by atoms with E-state index in [0.29, 0.717) is 6.61 Å². The second-order valence-corrected chi connectivity index (χ2v) is 4.54. The molecule has 0 amide bonds. The molecule has 0 saturated heterocycles. The van der Waals surface area contributed by atoms with Crippen molar-refractivity contribution in [1.82, 2.24) is 5.32 Å². The van der Waals surface area contributed by atoms with Crippen LogP contribution in [-0.4, -0.2) is 44.2 Å². The number of thioether (sulfide) groups is 1. The Morgan fingerprint density at radius 2 is 2.23 bits per heavy atom. The number of hydrogen-bond donors (Lipinski definition) is 1. The molecule has 0 aliphatic rings. The normalized spacial score (nSPS) is 13.2. The number of halogens is 1. The highest BCUT2D eigenvalue weighted by atomic mass is 35.5. The van der Waals surface area contributed by atoms with E-state index in [9.17, 15) is 0 Å². The van der Waals surface area contributed by atoms with E-state index < -0.39 is 0 Å². The molecule has 0 fully saturated rings. The summed E-state index contributed by atoms with van der Waals surface area (Å²) in [4.78, 5) is 0. The molecule has 0 heterocycles. The number of alkyl halides is 1. The lowest BCUT2D eigenvalue weighted by Crippen LogP contribution is -2.21. The topological polar surface area (TPSA) is 21.3 Å². The van der Waals surface area contributed by atoms with Crippen molar-refractivity contribution in [3.63, 3.8) is 0 Å². The molecule has 1 atom stereocenters. The maximum Gasteiger partial charge on any atom is 0.0626 e. The van der Waals surface area contributed by atoms with Gasteiger partial charge in [0.1, 0.15) is 0 Å². The number of ether oxygens (including phenoxy) is 1. The van der Waals surface area contributed by atoms with Gasteiger partial charge in [0.05, 0.1) is 12.0 Å². The number of rotatable bonds is 9. The first-order valence-corrected chi connectivity index (χ1v) is 6.47. The molecular formula is C9H20ClNOS. The molecule has 0 rings (SSSR count). The Balaban J connectivity index is 2.97. The molecule has 2 nitrogen and oxygen atoms in total. The summed E-state index contributed by atoms with van der Waals surface area (Å²) in [7, 11) is 1.68. The summed E-state index contributed by atoms with van der Waals surface area (Å²) >= 11 is 7.84. The molecule has 0 saturated carbocycles. The average Bonchev–Trinajstić information content (AvgIpc) is 2.11. The van der Waals surface area contributed by atoms with Gasteiger partial charge in [-0.1, -0.05) is 0 Å². The van der Waals surface area contributed by atoms with Crippen molar-refractivity contribution >= 4 is 23.4 Å². The quantitative estimate of drug-likeness (QED) is 0.479. The van der Waals surface area contributed by atoms with Crippen LogP contribution in [0.15, 0.2) is 0 Å². The minimum atomic E-state index is 0.151. The molecule has 0 aromatic carbocycles. The van der Waals surface area contributed by atoms with Crippen molar-refractivity contribution in [2.45, 2.75) is 18.2 Å². The maximum absolute atomic E-state index is 5.95. The van der Waals surface area contributed by atoms with Crippen LogP contribution in [-0.2, 0) is 4.74 Å². The molecule has 0 aromatic rings. The van der Waals surface area contributed by atoms with Crippen LogP contribution in [0, 0.1) is 0 Å². The highest BCUT2D eigenvalue weighted by Gasteiger charge is 2.01. The van der Waals surface area contributed by atoms with E-state index in [1.165, 1.54) is 12.2 Å². The first-order valence-electron chi connectivity index (χ1n) is 4.64. The number of hydrogen-bond acceptors (Lipinski definition) is 3. The highest BCUT2D eigenvalue weighted by Crippen LogP contribution is 2.00. The summed E-state index contributed by atoms with van der Waals surface area (Å²) in [5, 5.41) is 3.51. The Kier molecular flexibility index (Phi) is 11.1. The summed E-state index contributed by atoms with van der Waals surface area (Å²) in [5.41, 5.74) is 0. The van der Waals surface area contributed by atoms with Crippen molar-refractivity contribution in [3.05, 3.63) is 0 Å². The van der Waals surface area contributed by atoms with Gasteiger partial charge in [-0.05, 0) is 37.9 Å². The van der Waals surface area contributed by atoms with Gasteiger partial charge in [-0.3, -0.25) is 0 Å². The van der Waals surface area contributed by atoms with E-state index >= 15 is 0 Å². The third kappa shape index (κ3) is 10.5. The fraction of sp³-hybridized carbons (Fsp3) is 1.00. The van der Waals surface area contributed by atoms with Gasteiger partial charge in [0, 0.05) is 7.11 Å². The standard InChI is InChI=1S/C9H20ClNOS/c1-12-8-9(10)4-6-11-5-3-7-13-2/h9,11H,3-8H2,1-2H3. The van der Waals surface area contributed by atoms with Crippen LogP contribution in [0.4, 0.5) is 0 Å². The first-order chi connectivity index (χ1) is 6.31. The van der Waals surface area contributed by atoms with E-state index in [1.807, 2.05) is 11.8 Å². The van der Waals surface area contributed by atoms with Crippen LogP contribution in [0.3, 0.4) is 0 Å². The monoisotopic (exact) mass is 225 g/mol. The van der Waals surface area contributed by atoms with Crippen molar-refractivity contribution in [2.75, 3.05) is 38.8 Å². The Morgan fingerprint density at radius 3 is 2.85 bits per heavy atom. The largest absolute Gasteiger partial charge is 0.383 e. The molecule has 1 N–H and O–H groups in total. The molecule has 0 aliphatic carbocycles. The summed E-state index contributed by atoms with van der Waals surface area (Å²) < 4.78 is 4.94. The zero-order chi connectivity index (χ0) is 9.94. The third-order valence-corrected chi connectivity index (χ3v) is 2.73. The van der Waals surface area contributed by atoms with E-state index in [1.54, 1.807) is 7.11 Å². The summed E-state index contributed by atoms with van der Waals surface area (Å²) in [6.07, 6.45) is 4.35. The lowest BCUT2D eigenvalue weighted by molar-refractivity contribution is 0.195. The maximum atomic E-state index is 5.95. The summed E-state index contributed by atoms with van der Waals surface area (Å²) in [6, 6.07) is 0. The Bertz CT molecular complexity index is 106. The lowest BCUT2D eigenvalue weighted by Gasteiger charge is -2.08. The smallest absolute Gasteiger partial charge is 0.0626 e. The van der Waals surface area contributed by atoms with Gasteiger partial charge in [-0.25, -0.2) is 0 Å². The van der Waals surface area contributed by atoms with Gasteiger partial charge in [-0.2, -0.15) is 11.8 Å². The molecule has 0 spiro atoms. The van der Waals surface area contributed by atoms with Gasteiger partial charge >= 0.3 is 0 Å². The Hall–Kier alpha value is 0.560. The molecule has 0 aromatic heterocycles. The van der Waals surface area contributed by atoms with Crippen LogP contribution in [0.1, 0.15) is 12.8 Å². The van der Waals surface area contributed by atoms with Crippen LogP contribution < -0.4 is 5.32 Å². The predicted molar refractivity (Wildman–Crippen MR) is 62.0 cm³/mol. The average molecular weight is 226 g/mol. The van der Waals surface area contributed by atoms with Crippen LogP contribution in [0.2, 0.25) is 0 Å². The van der Waals surface area contributed by atoms with Crippen LogP contribution in [0.25, 0.3) is 0 Å². The molecule has 4 heteroatoms. The zero-order valence-electron chi connectivity index (χ0n) is 8.51. The van der Waals surface area contributed by atoms with Crippen molar-refractivity contribution in [2.24, 2.45) is 0 Å². The van der Waals surface area contributed by atoms with Crippen molar-refractivity contribution in [1.29, 1.82) is 0 Å². The Morgan fingerprint density at radius 1 is 1.46 bits per heavy atom. The van der Waals surface area contributed by atoms with E-state index in [-0.39, 0.29) is 5.38 Å². The molecule has 0 aliphatic heterocycles. The number of methoxy groups -OCH3 is 1. The molecule has 1 unspecified atom stereocenters. The lowest BCUT2D eigenvalue weighted by atomic mass is 10.3. The van der Waals surface area contributed by atoms with E-state index in [0.717, 1.165) is 19.5 Å². The van der Waals surface area contributed by atoms with Gasteiger partial charge in [-0.15, -0.1) is 11.6 Å².